The first-order chi connectivity index (χ1) is 12.4. The molecule has 1 aliphatic heterocycles. The molecule has 1 saturated heterocycles. The fourth-order valence-electron chi connectivity index (χ4n) is 3.39. The zero-order valence-electron chi connectivity index (χ0n) is 14.1. The SMILES string of the molecule is c1ccc(-c2ncc(CN3CCCC(c4cnccn4)C3)cn2)cc1. The standard InChI is InChI=1S/C20H21N5/c1-2-5-17(6-3-1)20-23-11-16(12-24-20)14-25-10-4-7-18(15-25)19-13-21-8-9-22-19/h1-3,5-6,8-9,11-13,18H,4,7,10,14-15H2. The van der Waals surface area contributed by atoms with Crippen LogP contribution in [0.25, 0.3) is 11.4 Å². The fourth-order valence-corrected chi connectivity index (χ4v) is 3.39. The quantitative estimate of drug-likeness (QED) is 0.734. The molecular formula is C20H21N5. The van der Waals surface area contributed by atoms with Gasteiger partial charge in [0.1, 0.15) is 0 Å². The molecule has 0 radical (unpaired) electrons. The van der Waals surface area contributed by atoms with Crippen LogP contribution in [0.4, 0.5) is 0 Å². The maximum atomic E-state index is 4.53. The molecule has 1 unspecified atom stereocenters. The van der Waals surface area contributed by atoms with Gasteiger partial charge in [-0.3, -0.25) is 14.9 Å². The summed E-state index contributed by atoms with van der Waals surface area (Å²) in [6.07, 6.45) is 11.7. The van der Waals surface area contributed by atoms with Gasteiger partial charge in [-0.25, -0.2) is 9.97 Å². The van der Waals surface area contributed by atoms with Crippen LogP contribution in [0.5, 0.6) is 0 Å². The number of likely N-dealkylation sites (tertiary alicyclic amines) is 1. The van der Waals surface area contributed by atoms with Gasteiger partial charge in [-0.05, 0) is 19.4 Å². The molecule has 1 atom stereocenters. The van der Waals surface area contributed by atoms with Crippen molar-refractivity contribution in [3.63, 3.8) is 0 Å². The second kappa shape index (κ2) is 7.49. The second-order valence-electron chi connectivity index (χ2n) is 6.49. The van der Waals surface area contributed by atoms with Crippen LogP contribution in [-0.2, 0) is 6.54 Å². The van der Waals surface area contributed by atoms with Crippen LogP contribution in [0.3, 0.4) is 0 Å². The topological polar surface area (TPSA) is 54.8 Å². The number of hydrogen-bond donors (Lipinski definition) is 0. The first-order valence-corrected chi connectivity index (χ1v) is 8.73. The second-order valence-corrected chi connectivity index (χ2v) is 6.49. The minimum Gasteiger partial charge on any atom is -0.298 e. The molecule has 0 amide bonds. The molecule has 0 saturated carbocycles. The number of benzene rings is 1. The van der Waals surface area contributed by atoms with E-state index in [-0.39, 0.29) is 0 Å². The van der Waals surface area contributed by atoms with E-state index in [2.05, 4.69) is 24.8 Å². The van der Waals surface area contributed by atoms with Gasteiger partial charge < -0.3 is 0 Å². The van der Waals surface area contributed by atoms with E-state index < -0.39 is 0 Å². The van der Waals surface area contributed by atoms with Gasteiger partial charge in [0, 0.05) is 61.1 Å². The van der Waals surface area contributed by atoms with Crippen LogP contribution in [0, 0.1) is 0 Å². The Labute approximate surface area is 147 Å². The average Bonchev–Trinajstić information content (AvgIpc) is 2.70. The Balaban J connectivity index is 1.42. The number of hydrogen-bond acceptors (Lipinski definition) is 5. The lowest BCUT2D eigenvalue weighted by Crippen LogP contribution is -2.34. The fraction of sp³-hybridized carbons (Fsp3) is 0.300. The molecule has 4 rings (SSSR count). The third-order valence-corrected chi connectivity index (χ3v) is 4.65. The van der Waals surface area contributed by atoms with Crippen molar-refractivity contribution < 1.29 is 0 Å². The smallest absolute Gasteiger partial charge is 0.159 e. The molecular weight excluding hydrogens is 310 g/mol. The third-order valence-electron chi connectivity index (χ3n) is 4.65. The lowest BCUT2D eigenvalue weighted by Gasteiger charge is -2.32. The van der Waals surface area contributed by atoms with E-state index in [9.17, 15) is 0 Å². The van der Waals surface area contributed by atoms with Gasteiger partial charge in [0.15, 0.2) is 5.82 Å². The summed E-state index contributed by atoms with van der Waals surface area (Å²) in [5.41, 5.74) is 3.30. The van der Waals surface area contributed by atoms with Gasteiger partial charge >= 0.3 is 0 Å². The monoisotopic (exact) mass is 331 g/mol. The van der Waals surface area contributed by atoms with Crippen molar-refractivity contribution in [3.05, 3.63) is 72.6 Å². The molecule has 25 heavy (non-hydrogen) atoms. The van der Waals surface area contributed by atoms with Crippen molar-refractivity contribution in [1.82, 2.24) is 24.8 Å². The van der Waals surface area contributed by atoms with E-state index in [1.807, 2.05) is 48.9 Å². The summed E-state index contributed by atoms with van der Waals surface area (Å²) < 4.78 is 0. The first-order valence-electron chi connectivity index (χ1n) is 8.73. The summed E-state index contributed by atoms with van der Waals surface area (Å²) in [6, 6.07) is 10.1. The predicted octanol–water partition coefficient (Wildman–Crippen LogP) is 3.31. The van der Waals surface area contributed by atoms with E-state index in [0.29, 0.717) is 5.92 Å². The average molecular weight is 331 g/mol. The van der Waals surface area contributed by atoms with Crippen LogP contribution in [0.15, 0.2) is 61.3 Å². The summed E-state index contributed by atoms with van der Waals surface area (Å²) in [5, 5.41) is 0. The van der Waals surface area contributed by atoms with Crippen molar-refractivity contribution in [2.45, 2.75) is 25.3 Å². The van der Waals surface area contributed by atoms with E-state index in [1.165, 1.54) is 12.8 Å². The molecule has 2 aromatic heterocycles. The highest BCUT2D eigenvalue weighted by Crippen LogP contribution is 2.26. The maximum absolute atomic E-state index is 4.53. The van der Waals surface area contributed by atoms with Gasteiger partial charge in [-0.15, -0.1) is 0 Å². The molecule has 5 nitrogen and oxygen atoms in total. The number of piperidine rings is 1. The predicted molar refractivity (Wildman–Crippen MR) is 96.8 cm³/mol. The molecule has 3 heterocycles. The molecule has 0 spiro atoms. The summed E-state index contributed by atoms with van der Waals surface area (Å²) in [4.78, 5) is 20.2. The molecule has 0 aliphatic carbocycles. The highest BCUT2D eigenvalue weighted by molar-refractivity contribution is 5.53. The Morgan fingerprint density at radius 1 is 0.960 bits per heavy atom. The molecule has 1 fully saturated rings. The lowest BCUT2D eigenvalue weighted by atomic mass is 9.95. The molecule has 1 aliphatic rings. The van der Waals surface area contributed by atoms with Gasteiger partial charge in [0.05, 0.1) is 5.69 Å². The van der Waals surface area contributed by atoms with Crippen LogP contribution in [-0.4, -0.2) is 37.9 Å². The largest absolute Gasteiger partial charge is 0.298 e. The molecule has 126 valence electrons. The molecule has 1 aromatic carbocycles. The summed E-state index contributed by atoms with van der Waals surface area (Å²) in [7, 11) is 0. The summed E-state index contributed by atoms with van der Waals surface area (Å²) >= 11 is 0. The lowest BCUT2D eigenvalue weighted by molar-refractivity contribution is 0.198. The van der Waals surface area contributed by atoms with Crippen LogP contribution in [0.1, 0.15) is 30.0 Å². The Bertz CT molecular complexity index is 789. The van der Waals surface area contributed by atoms with Crippen molar-refractivity contribution in [3.8, 4) is 11.4 Å². The van der Waals surface area contributed by atoms with Gasteiger partial charge in [-0.2, -0.15) is 0 Å². The van der Waals surface area contributed by atoms with E-state index in [1.54, 1.807) is 12.4 Å². The van der Waals surface area contributed by atoms with Crippen molar-refractivity contribution in [2.24, 2.45) is 0 Å². The highest BCUT2D eigenvalue weighted by atomic mass is 15.1. The van der Waals surface area contributed by atoms with Crippen molar-refractivity contribution in [2.75, 3.05) is 13.1 Å². The number of nitrogens with zero attached hydrogens (tertiary/aromatic N) is 5. The van der Waals surface area contributed by atoms with Crippen molar-refractivity contribution >= 4 is 0 Å². The van der Waals surface area contributed by atoms with E-state index in [4.69, 9.17) is 0 Å². The van der Waals surface area contributed by atoms with Crippen molar-refractivity contribution in [1.29, 1.82) is 0 Å². The highest BCUT2D eigenvalue weighted by Gasteiger charge is 2.22. The van der Waals surface area contributed by atoms with E-state index >= 15 is 0 Å². The first kappa shape index (κ1) is 15.8. The molecule has 5 heteroatoms. The zero-order chi connectivity index (χ0) is 16.9. The molecule has 0 bridgehead atoms. The summed E-state index contributed by atoms with van der Waals surface area (Å²) in [5.74, 6) is 1.24. The van der Waals surface area contributed by atoms with Crippen LogP contribution in [0.2, 0.25) is 0 Å². The van der Waals surface area contributed by atoms with Gasteiger partial charge in [0.25, 0.3) is 0 Å². The van der Waals surface area contributed by atoms with Gasteiger partial charge in [0.2, 0.25) is 0 Å². The van der Waals surface area contributed by atoms with Gasteiger partial charge in [-0.1, -0.05) is 30.3 Å². The van der Waals surface area contributed by atoms with Crippen LogP contribution < -0.4 is 0 Å². The Morgan fingerprint density at radius 2 is 1.80 bits per heavy atom. The molecule has 3 aromatic rings. The molecule has 0 N–H and O–H groups in total. The Morgan fingerprint density at radius 3 is 2.56 bits per heavy atom. The normalized spacial score (nSPS) is 18.2. The van der Waals surface area contributed by atoms with E-state index in [0.717, 1.165) is 42.3 Å². The minimum atomic E-state index is 0.465. The Kier molecular flexibility index (Phi) is 4.74. The zero-order valence-corrected chi connectivity index (χ0v) is 14.1. The van der Waals surface area contributed by atoms with Crippen LogP contribution >= 0.6 is 0 Å². The minimum absolute atomic E-state index is 0.465. The maximum Gasteiger partial charge on any atom is 0.159 e. The number of aromatic nitrogens is 4. The third kappa shape index (κ3) is 3.88. The Hall–Kier alpha value is -2.66. The summed E-state index contributed by atoms with van der Waals surface area (Å²) in [6.45, 7) is 3.00. The number of rotatable bonds is 4.